The first-order chi connectivity index (χ1) is 14.3. The Morgan fingerprint density at radius 3 is 2.47 bits per heavy atom. The second-order valence-corrected chi connectivity index (χ2v) is 7.17. The van der Waals surface area contributed by atoms with Crippen LogP contribution in [0.15, 0.2) is 48.5 Å². The lowest BCUT2D eigenvalue weighted by Crippen LogP contribution is -2.38. The van der Waals surface area contributed by atoms with Gasteiger partial charge in [-0.05, 0) is 42.3 Å². The molecule has 1 aliphatic rings. The molecule has 0 radical (unpaired) electrons. The Morgan fingerprint density at radius 1 is 1.00 bits per heavy atom. The van der Waals surface area contributed by atoms with Gasteiger partial charge >= 0.3 is 6.18 Å². The Kier molecular flexibility index (Phi) is 7.20. The molecule has 2 aromatic rings. The minimum Gasteiger partial charge on any atom is -0.497 e. The molecule has 0 aromatic heterocycles. The highest BCUT2D eigenvalue weighted by Gasteiger charge is 2.30. The minimum atomic E-state index is -4.44. The Balaban J connectivity index is 1.49. The Bertz CT molecular complexity index is 840. The summed E-state index contributed by atoms with van der Waals surface area (Å²) in [6.45, 7) is 3.25. The third-order valence-electron chi connectivity index (χ3n) is 5.03. The average molecular weight is 422 g/mol. The Labute approximate surface area is 174 Å². The lowest BCUT2D eigenvalue weighted by molar-refractivity contribution is -0.137. The predicted octanol–water partition coefficient (Wildman–Crippen LogP) is 3.83. The number of carbonyl (C=O) groups excluding carboxylic acids is 1. The van der Waals surface area contributed by atoms with Gasteiger partial charge in [-0.2, -0.15) is 13.2 Å². The predicted molar refractivity (Wildman–Crippen MR) is 106 cm³/mol. The van der Waals surface area contributed by atoms with E-state index in [0.29, 0.717) is 13.1 Å². The first-order valence-corrected chi connectivity index (χ1v) is 9.78. The zero-order valence-corrected chi connectivity index (χ0v) is 16.8. The molecule has 1 aliphatic heterocycles. The van der Waals surface area contributed by atoms with Crippen molar-refractivity contribution < 1.29 is 27.4 Å². The van der Waals surface area contributed by atoms with Crippen LogP contribution in [0.1, 0.15) is 17.5 Å². The van der Waals surface area contributed by atoms with Crippen LogP contribution in [0.2, 0.25) is 0 Å². The second-order valence-electron chi connectivity index (χ2n) is 7.17. The summed E-state index contributed by atoms with van der Waals surface area (Å²) in [6.07, 6.45) is -3.62. The summed E-state index contributed by atoms with van der Waals surface area (Å²) < 4.78 is 48.9. The molecular formula is C22H25F3N2O3. The molecule has 3 rings (SSSR count). The summed E-state index contributed by atoms with van der Waals surface area (Å²) in [5.74, 6) is 0.625. The number of hydrogen-bond donors (Lipinski definition) is 0. The molecule has 30 heavy (non-hydrogen) atoms. The highest BCUT2D eigenvalue weighted by atomic mass is 19.4. The lowest BCUT2D eigenvalue weighted by Gasteiger charge is -2.22. The van der Waals surface area contributed by atoms with E-state index in [4.69, 9.17) is 9.47 Å². The molecule has 0 aliphatic carbocycles. The summed E-state index contributed by atoms with van der Waals surface area (Å²) in [5, 5.41) is 0. The molecule has 0 spiro atoms. The zero-order valence-electron chi connectivity index (χ0n) is 16.8. The van der Waals surface area contributed by atoms with Crippen LogP contribution in [-0.2, 0) is 17.5 Å². The molecule has 0 atom stereocenters. The summed E-state index contributed by atoms with van der Waals surface area (Å²) in [7, 11) is 1.63. The number of nitrogens with zero attached hydrogens (tertiary/aromatic N) is 2. The Morgan fingerprint density at radius 2 is 1.77 bits per heavy atom. The summed E-state index contributed by atoms with van der Waals surface area (Å²) in [4.78, 5) is 16.5. The normalized spacial score (nSPS) is 15.5. The van der Waals surface area contributed by atoms with Gasteiger partial charge < -0.3 is 14.4 Å². The third-order valence-corrected chi connectivity index (χ3v) is 5.03. The SMILES string of the molecule is COc1ccc(CN2CCCN(C(=O)COc3cccc(C(F)(F)F)c3)CC2)cc1. The molecule has 0 unspecified atom stereocenters. The summed E-state index contributed by atoms with van der Waals surface area (Å²) in [5.41, 5.74) is 0.375. The van der Waals surface area contributed by atoms with Crippen molar-refractivity contribution in [3.05, 3.63) is 59.7 Å². The number of rotatable bonds is 6. The number of hydrogen-bond acceptors (Lipinski definition) is 4. The highest BCUT2D eigenvalue weighted by molar-refractivity contribution is 5.77. The maximum atomic E-state index is 12.8. The van der Waals surface area contributed by atoms with Crippen molar-refractivity contribution in [3.63, 3.8) is 0 Å². The second kappa shape index (κ2) is 9.84. The van der Waals surface area contributed by atoms with Crippen LogP contribution in [0.5, 0.6) is 11.5 Å². The van der Waals surface area contributed by atoms with Gasteiger partial charge in [-0.25, -0.2) is 0 Å². The smallest absolute Gasteiger partial charge is 0.416 e. The van der Waals surface area contributed by atoms with Crippen LogP contribution in [-0.4, -0.2) is 55.6 Å². The molecule has 1 fully saturated rings. The van der Waals surface area contributed by atoms with E-state index in [1.165, 1.54) is 17.7 Å². The van der Waals surface area contributed by atoms with Crippen molar-refractivity contribution in [3.8, 4) is 11.5 Å². The van der Waals surface area contributed by atoms with Crippen molar-refractivity contribution in [2.75, 3.05) is 39.9 Å². The van der Waals surface area contributed by atoms with E-state index >= 15 is 0 Å². The van der Waals surface area contributed by atoms with Crippen LogP contribution in [0.4, 0.5) is 13.2 Å². The monoisotopic (exact) mass is 422 g/mol. The quantitative estimate of drug-likeness (QED) is 0.710. The molecule has 1 amide bonds. The number of alkyl halides is 3. The first kappa shape index (κ1) is 22.0. The van der Waals surface area contributed by atoms with Gasteiger partial charge in [-0.15, -0.1) is 0 Å². The molecule has 2 aromatic carbocycles. The van der Waals surface area contributed by atoms with Crippen LogP contribution < -0.4 is 9.47 Å². The fourth-order valence-corrected chi connectivity index (χ4v) is 3.37. The molecule has 1 saturated heterocycles. The summed E-state index contributed by atoms with van der Waals surface area (Å²) in [6, 6.07) is 12.5. The molecule has 0 N–H and O–H groups in total. The van der Waals surface area contributed by atoms with Gasteiger partial charge in [0.25, 0.3) is 5.91 Å². The molecule has 0 saturated carbocycles. The fraction of sp³-hybridized carbons (Fsp3) is 0.409. The number of halogens is 3. The van der Waals surface area contributed by atoms with E-state index in [1.807, 2.05) is 24.3 Å². The van der Waals surface area contributed by atoms with E-state index < -0.39 is 11.7 Å². The lowest BCUT2D eigenvalue weighted by atomic mass is 10.2. The van der Waals surface area contributed by atoms with Crippen molar-refractivity contribution in [1.82, 2.24) is 9.80 Å². The molecule has 162 valence electrons. The zero-order chi connectivity index (χ0) is 21.6. The van der Waals surface area contributed by atoms with Crippen LogP contribution >= 0.6 is 0 Å². The minimum absolute atomic E-state index is 0.0362. The van der Waals surface area contributed by atoms with Crippen molar-refractivity contribution in [2.24, 2.45) is 0 Å². The van der Waals surface area contributed by atoms with Crippen molar-refractivity contribution in [2.45, 2.75) is 19.1 Å². The van der Waals surface area contributed by atoms with Gasteiger partial charge in [0.1, 0.15) is 11.5 Å². The van der Waals surface area contributed by atoms with Gasteiger partial charge in [0, 0.05) is 32.7 Å². The molecule has 5 nitrogen and oxygen atoms in total. The number of ether oxygens (including phenoxy) is 2. The fourth-order valence-electron chi connectivity index (χ4n) is 3.37. The van der Waals surface area contributed by atoms with Gasteiger partial charge in [0.15, 0.2) is 6.61 Å². The molecule has 8 heteroatoms. The van der Waals surface area contributed by atoms with E-state index in [-0.39, 0.29) is 18.3 Å². The van der Waals surface area contributed by atoms with Gasteiger partial charge in [-0.1, -0.05) is 18.2 Å². The topological polar surface area (TPSA) is 42.0 Å². The van der Waals surface area contributed by atoms with Gasteiger partial charge in [-0.3, -0.25) is 9.69 Å². The van der Waals surface area contributed by atoms with Crippen molar-refractivity contribution in [1.29, 1.82) is 0 Å². The molecular weight excluding hydrogens is 397 g/mol. The first-order valence-electron chi connectivity index (χ1n) is 9.78. The largest absolute Gasteiger partial charge is 0.497 e. The van der Waals surface area contributed by atoms with E-state index in [0.717, 1.165) is 43.9 Å². The molecule has 1 heterocycles. The standard InChI is InChI=1S/C22H25F3N2O3/c1-29-19-8-6-17(7-9-19)15-26-10-3-11-27(13-12-26)21(28)16-30-20-5-2-4-18(14-20)22(23,24)25/h2,4-9,14H,3,10-13,15-16H2,1H3. The van der Waals surface area contributed by atoms with E-state index in [9.17, 15) is 18.0 Å². The average Bonchev–Trinajstić information content (AvgIpc) is 2.98. The number of benzene rings is 2. The highest BCUT2D eigenvalue weighted by Crippen LogP contribution is 2.31. The maximum Gasteiger partial charge on any atom is 0.416 e. The number of amides is 1. The summed E-state index contributed by atoms with van der Waals surface area (Å²) >= 11 is 0. The third kappa shape index (κ3) is 6.13. The number of methoxy groups -OCH3 is 1. The molecule has 0 bridgehead atoms. The van der Waals surface area contributed by atoms with Crippen molar-refractivity contribution >= 4 is 5.91 Å². The van der Waals surface area contributed by atoms with Gasteiger partial charge in [0.05, 0.1) is 12.7 Å². The van der Waals surface area contributed by atoms with E-state index in [2.05, 4.69) is 4.90 Å². The Hall–Kier alpha value is -2.74. The van der Waals surface area contributed by atoms with Crippen LogP contribution in [0.25, 0.3) is 0 Å². The number of carbonyl (C=O) groups is 1. The van der Waals surface area contributed by atoms with Crippen LogP contribution in [0, 0.1) is 0 Å². The van der Waals surface area contributed by atoms with Crippen LogP contribution in [0.3, 0.4) is 0 Å². The van der Waals surface area contributed by atoms with Gasteiger partial charge in [0.2, 0.25) is 0 Å². The maximum absolute atomic E-state index is 12.8. The van der Waals surface area contributed by atoms with E-state index in [1.54, 1.807) is 12.0 Å².